The van der Waals surface area contributed by atoms with E-state index in [9.17, 15) is 13.2 Å². The van der Waals surface area contributed by atoms with Gasteiger partial charge in [0.2, 0.25) is 0 Å². The third-order valence-electron chi connectivity index (χ3n) is 5.46. The molecule has 2 aliphatic rings. The Morgan fingerprint density at radius 2 is 1.97 bits per heavy atom. The summed E-state index contributed by atoms with van der Waals surface area (Å²) in [5.41, 5.74) is 2.53. The maximum Gasteiger partial charge on any atom is 0.389 e. The number of allylic oxidation sites excluding steroid dienone is 1. The normalized spacial score (nSPS) is 16.4. The van der Waals surface area contributed by atoms with Crippen molar-refractivity contribution >= 4 is 22.4 Å². The summed E-state index contributed by atoms with van der Waals surface area (Å²) >= 11 is 0. The first-order valence-electron chi connectivity index (χ1n) is 11.0. The number of hydrogen-bond donors (Lipinski definition) is 0. The molecule has 0 atom stereocenters. The highest BCUT2D eigenvalue weighted by atomic mass is 19.4. The molecule has 0 radical (unpaired) electrons. The maximum atomic E-state index is 12.6. The quantitative estimate of drug-likeness (QED) is 0.548. The molecule has 10 heteroatoms. The van der Waals surface area contributed by atoms with Crippen LogP contribution in [0.15, 0.2) is 37.3 Å². The van der Waals surface area contributed by atoms with Crippen LogP contribution in [-0.4, -0.2) is 57.2 Å². The van der Waals surface area contributed by atoms with Gasteiger partial charge in [0.1, 0.15) is 11.3 Å². The molecule has 2 fully saturated rings. The van der Waals surface area contributed by atoms with Gasteiger partial charge in [-0.1, -0.05) is 6.58 Å². The first kappa shape index (κ1) is 23.2. The zero-order valence-electron chi connectivity index (χ0n) is 18.6. The Labute approximate surface area is 190 Å². The molecule has 3 aromatic rings. The molecule has 5 rings (SSSR count). The van der Waals surface area contributed by atoms with Gasteiger partial charge in [0.15, 0.2) is 0 Å². The van der Waals surface area contributed by atoms with Crippen LogP contribution in [0, 0.1) is 6.92 Å². The number of morpholine rings is 1. The highest BCUT2D eigenvalue weighted by Gasteiger charge is 2.28. The molecule has 176 valence electrons. The first-order valence-corrected chi connectivity index (χ1v) is 11.0. The highest BCUT2D eigenvalue weighted by Crippen LogP contribution is 2.33. The van der Waals surface area contributed by atoms with Crippen molar-refractivity contribution < 1.29 is 17.9 Å². The molecular formula is C23H27F3N6O. The molecule has 3 aromatic heterocycles. The lowest BCUT2D eigenvalue weighted by atomic mass is 10.1. The Morgan fingerprint density at radius 3 is 2.61 bits per heavy atom. The Kier molecular flexibility index (Phi) is 6.92. The maximum absolute atomic E-state index is 12.6. The molecule has 1 aliphatic carbocycles. The van der Waals surface area contributed by atoms with Crippen LogP contribution in [0.4, 0.5) is 19.0 Å². The summed E-state index contributed by atoms with van der Waals surface area (Å²) in [7, 11) is 0. The number of aryl methyl sites for hydroxylation is 1. The lowest BCUT2D eigenvalue weighted by Crippen LogP contribution is -2.36. The summed E-state index contributed by atoms with van der Waals surface area (Å²) in [6, 6.07) is 4.53. The van der Waals surface area contributed by atoms with Gasteiger partial charge in [-0.05, 0) is 37.8 Å². The Hall–Kier alpha value is -3.01. The van der Waals surface area contributed by atoms with Crippen LogP contribution in [0.1, 0.15) is 43.1 Å². The molecule has 0 bridgehead atoms. The second-order valence-corrected chi connectivity index (χ2v) is 8.24. The van der Waals surface area contributed by atoms with Gasteiger partial charge in [-0.15, -0.1) is 0 Å². The van der Waals surface area contributed by atoms with Crippen LogP contribution in [0.3, 0.4) is 0 Å². The van der Waals surface area contributed by atoms with Crippen LogP contribution in [0.25, 0.3) is 16.6 Å². The molecule has 1 saturated carbocycles. The predicted molar refractivity (Wildman–Crippen MR) is 120 cm³/mol. The minimum atomic E-state index is -4.23. The third kappa shape index (κ3) is 6.28. The number of aromatic nitrogens is 5. The smallest absolute Gasteiger partial charge is 0.378 e. The number of rotatable bonds is 5. The first-order chi connectivity index (χ1) is 15.8. The van der Waals surface area contributed by atoms with E-state index in [0.29, 0.717) is 54.4 Å². The molecule has 0 unspecified atom stereocenters. The van der Waals surface area contributed by atoms with E-state index in [2.05, 4.69) is 26.6 Å². The monoisotopic (exact) mass is 460 g/mol. The fraction of sp³-hybridized carbons (Fsp3) is 0.478. The lowest BCUT2D eigenvalue weighted by molar-refractivity contribution is -0.133. The SMILES string of the molecule is C=C(CCC(F)(F)F)c1nc(N2CCOCC2)cc2nc(C)cnc12.c1cnn(C2CC2)c1. The molecule has 4 heterocycles. The highest BCUT2D eigenvalue weighted by molar-refractivity contribution is 5.88. The van der Waals surface area contributed by atoms with E-state index in [1.165, 1.54) is 12.8 Å². The van der Waals surface area contributed by atoms with Gasteiger partial charge in [0.25, 0.3) is 0 Å². The summed E-state index contributed by atoms with van der Waals surface area (Å²) in [4.78, 5) is 15.4. The van der Waals surface area contributed by atoms with E-state index in [1.54, 1.807) is 6.20 Å². The summed E-state index contributed by atoms with van der Waals surface area (Å²) in [5.74, 6) is 0.666. The Morgan fingerprint density at radius 1 is 1.21 bits per heavy atom. The fourth-order valence-corrected chi connectivity index (χ4v) is 3.55. The molecule has 0 spiro atoms. The van der Waals surface area contributed by atoms with E-state index in [1.807, 2.05) is 41.0 Å². The molecule has 0 N–H and O–H groups in total. The van der Waals surface area contributed by atoms with Crippen LogP contribution < -0.4 is 4.90 Å². The largest absolute Gasteiger partial charge is 0.389 e. The van der Waals surface area contributed by atoms with Gasteiger partial charge in [-0.25, -0.2) is 9.97 Å². The predicted octanol–water partition coefficient (Wildman–Crippen LogP) is 4.74. The van der Waals surface area contributed by atoms with Crippen molar-refractivity contribution in [3.63, 3.8) is 0 Å². The molecule has 1 saturated heterocycles. The summed E-state index contributed by atoms with van der Waals surface area (Å²) < 4.78 is 45.0. The molecule has 0 aromatic carbocycles. The van der Waals surface area contributed by atoms with Gasteiger partial charge in [-0.3, -0.25) is 9.67 Å². The number of ether oxygens (including phenoxy) is 1. The van der Waals surface area contributed by atoms with E-state index >= 15 is 0 Å². The number of fused-ring (bicyclic) bond motifs is 1. The van der Waals surface area contributed by atoms with E-state index in [0.717, 1.165) is 11.7 Å². The third-order valence-corrected chi connectivity index (χ3v) is 5.46. The standard InChI is InChI=1S/C17H19F3N4O.C6H8N2/c1-11(3-4-17(18,19)20)15-16-13(22-12(2)10-21-16)9-14(23-15)24-5-7-25-8-6-24;1-4-7-8(5-1)6-2-3-6/h9-10H,1,3-8H2,2H3;1,4-6H,2-3H2. The van der Waals surface area contributed by atoms with E-state index in [-0.39, 0.29) is 6.42 Å². The number of nitrogens with zero attached hydrogens (tertiary/aromatic N) is 6. The fourth-order valence-electron chi connectivity index (χ4n) is 3.55. The zero-order chi connectivity index (χ0) is 23.4. The van der Waals surface area contributed by atoms with Crippen molar-refractivity contribution in [2.24, 2.45) is 0 Å². The lowest BCUT2D eigenvalue weighted by Gasteiger charge is -2.28. The Balaban J connectivity index is 0.000000269. The van der Waals surface area contributed by atoms with E-state index in [4.69, 9.17) is 4.74 Å². The second kappa shape index (κ2) is 9.86. The van der Waals surface area contributed by atoms with Crippen LogP contribution in [0.5, 0.6) is 0 Å². The van der Waals surface area contributed by atoms with Crippen molar-refractivity contribution in [1.82, 2.24) is 24.7 Å². The van der Waals surface area contributed by atoms with Crippen LogP contribution in [-0.2, 0) is 4.74 Å². The molecule has 1 aliphatic heterocycles. The summed E-state index contributed by atoms with van der Waals surface area (Å²) in [6.45, 7) is 8.15. The number of alkyl halides is 3. The molecule has 33 heavy (non-hydrogen) atoms. The summed E-state index contributed by atoms with van der Waals surface area (Å²) in [5, 5.41) is 4.09. The van der Waals surface area contributed by atoms with Crippen LogP contribution >= 0.6 is 0 Å². The van der Waals surface area contributed by atoms with Crippen molar-refractivity contribution in [3.05, 3.63) is 48.7 Å². The number of halogens is 3. The van der Waals surface area contributed by atoms with Gasteiger partial charge in [-0.2, -0.15) is 18.3 Å². The van der Waals surface area contributed by atoms with Crippen molar-refractivity contribution in [3.8, 4) is 0 Å². The Bertz CT molecular complexity index is 1090. The molecule has 0 amide bonds. The minimum absolute atomic E-state index is 0.215. The van der Waals surface area contributed by atoms with Gasteiger partial charge >= 0.3 is 6.18 Å². The van der Waals surface area contributed by atoms with Gasteiger partial charge in [0.05, 0.1) is 36.2 Å². The van der Waals surface area contributed by atoms with Gasteiger partial charge in [0, 0.05) is 44.2 Å². The van der Waals surface area contributed by atoms with Gasteiger partial charge < -0.3 is 9.64 Å². The average Bonchev–Trinajstić information content (AvgIpc) is 3.51. The van der Waals surface area contributed by atoms with Crippen LogP contribution in [0.2, 0.25) is 0 Å². The number of hydrogen-bond acceptors (Lipinski definition) is 6. The zero-order valence-corrected chi connectivity index (χ0v) is 18.6. The summed E-state index contributed by atoms with van der Waals surface area (Å²) in [6.07, 6.45) is 2.70. The number of anilines is 1. The van der Waals surface area contributed by atoms with Crippen molar-refractivity contribution in [1.29, 1.82) is 0 Å². The molecule has 7 nitrogen and oxygen atoms in total. The minimum Gasteiger partial charge on any atom is -0.378 e. The number of pyridine rings is 1. The van der Waals surface area contributed by atoms with Crippen molar-refractivity contribution in [2.45, 2.75) is 44.8 Å². The molecular weight excluding hydrogens is 433 g/mol. The topological polar surface area (TPSA) is 69.0 Å². The van der Waals surface area contributed by atoms with E-state index < -0.39 is 12.6 Å². The average molecular weight is 461 g/mol. The van der Waals surface area contributed by atoms with Crippen molar-refractivity contribution in [2.75, 3.05) is 31.2 Å². The second-order valence-electron chi connectivity index (χ2n) is 8.24.